The number of hydrogen-bond donors (Lipinski definition) is 2. The molecule has 1 fully saturated rings. The molecule has 142 valence electrons. The zero-order valence-electron chi connectivity index (χ0n) is 14.7. The Labute approximate surface area is 158 Å². The van der Waals surface area contributed by atoms with Gasteiger partial charge in [-0.05, 0) is 25.0 Å². The van der Waals surface area contributed by atoms with Gasteiger partial charge in [0.15, 0.2) is 0 Å². The molecule has 6 nitrogen and oxygen atoms in total. The highest BCUT2D eigenvalue weighted by atomic mass is 35.5. The first-order chi connectivity index (χ1) is 12.5. The van der Waals surface area contributed by atoms with Gasteiger partial charge in [-0.1, -0.05) is 43.0 Å². The molecule has 0 aromatic heterocycles. The number of rotatable bonds is 10. The quantitative estimate of drug-likeness (QED) is 0.610. The second kappa shape index (κ2) is 10.2. The van der Waals surface area contributed by atoms with Crippen molar-refractivity contribution >= 4 is 35.1 Å². The van der Waals surface area contributed by atoms with E-state index < -0.39 is 5.97 Å². The Morgan fingerprint density at radius 1 is 1.15 bits per heavy atom. The number of carboxylic acid groups (broad SMARTS) is 1. The van der Waals surface area contributed by atoms with E-state index in [0.717, 1.165) is 25.7 Å². The number of aliphatic carboxylic acids is 1. The molecule has 1 aromatic carbocycles. The van der Waals surface area contributed by atoms with E-state index in [2.05, 4.69) is 5.32 Å². The number of carboxylic acids is 1. The van der Waals surface area contributed by atoms with E-state index in [-0.39, 0.29) is 30.6 Å². The fourth-order valence-electron chi connectivity index (χ4n) is 3.07. The van der Waals surface area contributed by atoms with Crippen LogP contribution in [0.25, 0.3) is 0 Å². The molecule has 2 rings (SSSR count). The van der Waals surface area contributed by atoms with Crippen molar-refractivity contribution in [1.29, 1.82) is 0 Å². The molecule has 26 heavy (non-hydrogen) atoms. The summed E-state index contributed by atoms with van der Waals surface area (Å²) in [7, 11) is 0. The third kappa shape index (κ3) is 6.02. The molecule has 0 saturated carbocycles. The maximum atomic E-state index is 12.3. The Bertz CT molecular complexity index is 650. The van der Waals surface area contributed by atoms with Crippen molar-refractivity contribution in [2.24, 2.45) is 5.92 Å². The molecule has 0 radical (unpaired) electrons. The normalized spacial score (nSPS) is 16.7. The Morgan fingerprint density at radius 2 is 1.85 bits per heavy atom. The monoisotopic (exact) mass is 380 g/mol. The second-order valence-corrected chi connectivity index (χ2v) is 6.97. The summed E-state index contributed by atoms with van der Waals surface area (Å²) in [6, 6.07) is 7.13. The number of amides is 2. The first kappa shape index (κ1) is 20.2. The Morgan fingerprint density at radius 3 is 2.58 bits per heavy atom. The minimum atomic E-state index is -0.755. The van der Waals surface area contributed by atoms with E-state index in [4.69, 9.17) is 16.7 Å². The van der Waals surface area contributed by atoms with E-state index in [0.29, 0.717) is 30.2 Å². The van der Waals surface area contributed by atoms with Gasteiger partial charge >= 0.3 is 5.97 Å². The maximum Gasteiger partial charge on any atom is 0.303 e. The molecule has 2 amide bonds. The number of para-hydroxylation sites is 1. The van der Waals surface area contributed by atoms with Crippen LogP contribution in [0.1, 0.15) is 44.9 Å². The van der Waals surface area contributed by atoms with Crippen LogP contribution >= 0.6 is 11.6 Å². The molecule has 1 aliphatic heterocycles. The summed E-state index contributed by atoms with van der Waals surface area (Å²) < 4.78 is 0. The minimum Gasteiger partial charge on any atom is -0.481 e. The summed E-state index contributed by atoms with van der Waals surface area (Å²) >= 11 is 6.14. The van der Waals surface area contributed by atoms with Crippen LogP contribution in [0.2, 0.25) is 5.02 Å². The first-order valence-electron chi connectivity index (χ1n) is 9.03. The van der Waals surface area contributed by atoms with Gasteiger partial charge in [0.1, 0.15) is 0 Å². The van der Waals surface area contributed by atoms with Crippen molar-refractivity contribution in [2.45, 2.75) is 44.9 Å². The van der Waals surface area contributed by atoms with Crippen molar-refractivity contribution in [3.63, 3.8) is 0 Å². The number of unbranched alkanes of at least 4 members (excludes halogenated alkanes) is 4. The number of hydrogen-bond acceptors (Lipinski definition) is 3. The van der Waals surface area contributed by atoms with Gasteiger partial charge < -0.3 is 15.3 Å². The van der Waals surface area contributed by atoms with Crippen molar-refractivity contribution in [1.82, 2.24) is 5.32 Å². The molecule has 0 bridgehead atoms. The topological polar surface area (TPSA) is 86.7 Å². The van der Waals surface area contributed by atoms with Crippen LogP contribution in [0, 0.1) is 5.92 Å². The van der Waals surface area contributed by atoms with Gasteiger partial charge in [0.25, 0.3) is 0 Å². The lowest BCUT2D eigenvalue weighted by atomic mass is 10.1. The van der Waals surface area contributed by atoms with Gasteiger partial charge in [-0.15, -0.1) is 0 Å². The largest absolute Gasteiger partial charge is 0.481 e. The highest BCUT2D eigenvalue weighted by molar-refractivity contribution is 6.33. The van der Waals surface area contributed by atoms with Crippen LogP contribution in [-0.4, -0.2) is 36.0 Å². The summed E-state index contributed by atoms with van der Waals surface area (Å²) in [6.45, 7) is 0.929. The van der Waals surface area contributed by atoms with Crippen LogP contribution in [0.5, 0.6) is 0 Å². The van der Waals surface area contributed by atoms with Crippen molar-refractivity contribution in [2.75, 3.05) is 18.0 Å². The fraction of sp³-hybridized carbons (Fsp3) is 0.526. The van der Waals surface area contributed by atoms with Gasteiger partial charge in [-0.2, -0.15) is 0 Å². The van der Waals surface area contributed by atoms with E-state index in [1.165, 1.54) is 0 Å². The van der Waals surface area contributed by atoms with Crippen molar-refractivity contribution < 1.29 is 19.5 Å². The van der Waals surface area contributed by atoms with Crippen LogP contribution in [-0.2, 0) is 14.4 Å². The van der Waals surface area contributed by atoms with Crippen LogP contribution < -0.4 is 10.2 Å². The van der Waals surface area contributed by atoms with Gasteiger partial charge in [0, 0.05) is 25.9 Å². The molecule has 1 unspecified atom stereocenters. The lowest BCUT2D eigenvalue weighted by molar-refractivity contribution is -0.137. The number of benzene rings is 1. The average molecular weight is 381 g/mol. The van der Waals surface area contributed by atoms with E-state index >= 15 is 0 Å². The average Bonchev–Trinajstić information content (AvgIpc) is 2.99. The predicted octanol–water partition coefficient (Wildman–Crippen LogP) is 3.23. The minimum absolute atomic E-state index is 0.0864. The third-order valence-electron chi connectivity index (χ3n) is 4.51. The van der Waals surface area contributed by atoms with Gasteiger partial charge in [-0.25, -0.2) is 0 Å². The highest BCUT2D eigenvalue weighted by Crippen LogP contribution is 2.30. The highest BCUT2D eigenvalue weighted by Gasteiger charge is 2.35. The Hall–Kier alpha value is -2.08. The number of nitrogens with one attached hydrogen (secondary N) is 1. The first-order valence-corrected chi connectivity index (χ1v) is 9.41. The lowest BCUT2D eigenvalue weighted by Gasteiger charge is -2.18. The lowest BCUT2D eigenvalue weighted by Crippen LogP contribution is -2.33. The Balaban J connectivity index is 1.67. The summed E-state index contributed by atoms with van der Waals surface area (Å²) in [6.07, 6.45) is 4.78. The zero-order valence-corrected chi connectivity index (χ0v) is 15.5. The number of carbonyl (C=O) groups excluding carboxylic acids is 2. The molecule has 7 heteroatoms. The van der Waals surface area contributed by atoms with Gasteiger partial charge in [0.2, 0.25) is 11.8 Å². The van der Waals surface area contributed by atoms with Crippen molar-refractivity contribution in [3.05, 3.63) is 29.3 Å². The third-order valence-corrected chi connectivity index (χ3v) is 4.83. The Kier molecular flexibility index (Phi) is 7.91. The molecule has 0 spiro atoms. The molecule has 1 heterocycles. The van der Waals surface area contributed by atoms with Crippen molar-refractivity contribution in [3.8, 4) is 0 Å². The predicted molar refractivity (Wildman–Crippen MR) is 100 cm³/mol. The number of halogens is 1. The van der Waals surface area contributed by atoms with Gasteiger partial charge in [0.05, 0.1) is 16.6 Å². The van der Waals surface area contributed by atoms with E-state index in [9.17, 15) is 14.4 Å². The maximum absolute atomic E-state index is 12.3. The summed E-state index contributed by atoms with van der Waals surface area (Å²) in [5, 5.41) is 12.0. The molecule has 0 aliphatic carbocycles. The van der Waals surface area contributed by atoms with Crippen LogP contribution in [0.15, 0.2) is 24.3 Å². The summed E-state index contributed by atoms with van der Waals surface area (Å²) in [5.74, 6) is -1.29. The van der Waals surface area contributed by atoms with E-state index in [1.807, 2.05) is 6.07 Å². The smallest absolute Gasteiger partial charge is 0.303 e. The second-order valence-electron chi connectivity index (χ2n) is 6.56. The number of nitrogens with zero attached hydrogens (tertiary/aromatic N) is 1. The molecular weight excluding hydrogens is 356 g/mol. The van der Waals surface area contributed by atoms with E-state index in [1.54, 1.807) is 23.1 Å². The molecule has 1 atom stereocenters. The standard InChI is InChI=1S/C19H25ClN2O4/c20-15-8-5-6-9-16(15)22-13-14(12-17(22)23)19(26)21-11-7-3-1-2-4-10-18(24)25/h5-6,8-9,14H,1-4,7,10-13H2,(H,21,26)(H,24,25). The molecular formula is C19H25ClN2O4. The molecule has 1 aliphatic rings. The SMILES string of the molecule is O=C(O)CCCCCCCNC(=O)C1CC(=O)N(c2ccccc2Cl)C1. The number of carbonyl (C=O) groups is 3. The zero-order chi connectivity index (χ0) is 18.9. The molecule has 2 N–H and O–H groups in total. The molecule has 1 aromatic rings. The van der Waals surface area contributed by atoms with Gasteiger partial charge in [-0.3, -0.25) is 14.4 Å². The van der Waals surface area contributed by atoms with Crippen LogP contribution in [0.4, 0.5) is 5.69 Å². The summed E-state index contributed by atoms with van der Waals surface area (Å²) in [5.41, 5.74) is 0.649. The molecule has 1 saturated heterocycles. The van der Waals surface area contributed by atoms with Crippen LogP contribution in [0.3, 0.4) is 0 Å². The number of anilines is 1. The fourth-order valence-corrected chi connectivity index (χ4v) is 3.31. The summed E-state index contributed by atoms with van der Waals surface area (Å²) in [4.78, 5) is 36.5.